The van der Waals surface area contributed by atoms with E-state index in [1.165, 1.54) is 0 Å². The molecule has 2 aliphatic rings. The molecule has 0 unspecified atom stereocenters. The summed E-state index contributed by atoms with van der Waals surface area (Å²) in [5.41, 5.74) is 0.458. The Morgan fingerprint density at radius 2 is 1.97 bits per heavy atom. The maximum atomic E-state index is 10.9. The lowest BCUT2D eigenvalue weighted by Crippen LogP contribution is -2.33. The van der Waals surface area contributed by atoms with Crippen LogP contribution in [0.25, 0.3) is 11.0 Å². The molecule has 4 N–H and O–H groups in total. The van der Waals surface area contributed by atoms with Crippen molar-refractivity contribution in [2.24, 2.45) is 0 Å². The van der Waals surface area contributed by atoms with E-state index in [9.17, 15) is 14.8 Å². The van der Waals surface area contributed by atoms with Crippen molar-refractivity contribution in [1.82, 2.24) is 14.5 Å². The van der Waals surface area contributed by atoms with E-state index in [0.29, 0.717) is 11.5 Å². The van der Waals surface area contributed by atoms with Crippen molar-refractivity contribution < 1.29 is 34.0 Å². The molecule has 13 heteroatoms. The second-order valence-electron chi connectivity index (χ2n) is 7.18. The van der Waals surface area contributed by atoms with Crippen LogP contribution in [-0.2, 0) is 14.0 Å². The molecule has 2 aliphatic heterocycles. The third-order valence-corrected chi connectivity index (χ3v) is 5.77. The van der Waals surface area contributed by atoms with Crippen LogP contribution in [0.4, 0.5) is 5.82 Å². The average Bonchev–Trinajstić information content (AvgIpc) is 3.36. The van der Waals surface area contributed by atoms with Crippen LogP contribution < -0.4 is 4.90 Å². The number of fused-ring (bicyclic) bond motifs is 1. The summed E-state index contributed by atoms with van der Waals surface area (Å²) in [5.74, 6) is 0.714. The Balaban J connectivity index is 1.58. The number of ether oxygens (including phenoxy) is 2. The van der Waals surface area contributed by atoms with Crippen LogP contribution in [0.5, 0.6) is 0 Å². The van der Waals surface area contributed by atoms with Crippen LogP contribution in [-0.4, -0.2) is 78.9 Å². The van der Waals surface area contributed by atoms with Crippen LogP contribution in [0.15, 0.2) is 12.3 Å². The van der Waals surface area contributed by atoms with Crippen molar-refractivity contribution in [3.8, 4) is 0 Å². The van der Waals surface area contributed by atoms with Crippen molar-refractivity contribution in [3.63, 3.8) is 0 Å². The number of nitrogens with zero attached hydrogens (tertiary/aromatic N) is 4. The highest BCUT2D eigenvalue weighted by Crippen LogP contribution is 2.37. The van der Waals surface area contributed by atoms with E-state index in [1.807, 2.05) is 0 Å². The zero-order chi connectivity index (χ0) is 20.8. The molecule has 0 bridgehead atoms. The Morgan fingerprint density at radius 3 is 2.66 bits per heavy atom. The summed E-state index contributed by atoms with van der Waals surface area (Å²) in [6.07, 6.45) is -1.52. The van der Waals surface area contributed by atoms with Crippen LogP contribution in [0, 0.1) is 0 Å². The normalized spacial score (nSPS) is 28.0. The van der Waals surface area contributed by atoms with E-state index in [4.69, 9.17) is 30.9 Å². The molecule has 29 heavy (non-hydrogen) atoms. The van der Waals surface area contributed by atoms with Gasteiger partial charge in [0.05, 0.1) is 12.0 Å². The van der Waals surface area contributed by atoms with Gasteiger partial charge in [0.2, 0.25) is 5.28 Å². The molecule has 11 nitrogen and oxygen atoms in total. The van der Waals surface area contributed by atoms with Gasteiger partial charge in [0.25, 0.3) is 0 Å². The number of aliphatic hydroxyl groups is 2. The Kier molecular flexibility index (Phi) is 5.84. The number of aliphatic hydroxyl groups excluding tert-OH is 2. The molecule has 2 fully saturated rings. The van der Waals surface area contributed by atoms with E-state index in [1.54, 1.807) is 16.8 Å². The number of rotatable bonds is 6. The predicted molar refractivity (Wildman–Crippen MR) is 103 cm³/mol. The molecule has 2 aromatic heterocycles. The first kappa shape index (κ1) is 21.0. The molecule has 0 amide bonds. The van der Waals surface area contributed by atoms with Crippen LogP contribution in [0.1, 0.15) is 19.1 Å². The van der Waals surface area contributed by atoms with Gasteiger partial charge in [0.1, 0.15) is 36.1 Å². The van der Waals surface area contributed by atoms with Crippen LogP contribution in [0.2, 0.25) is 5.28 Å². The Hall–Kier alpha value is -1.30. The van der Waals surface area contributed by atoms with Crippen molar-refractivity contribution in [2.45, 2.75) is 37.4 Å². The maximum absolute atomic E-state index is 10.9. The van der Waals surface area contributed by atoms with Crippen molar-refractivity contribution >= 4 is 36.0 Å². The summed E-state index contributed by atoms with van der Waals surface area (Å²) >= 11 is 6.13. The fourth-order valence-electron chi connectivity index (χ4n) is 3.75. The van der Waals surface area contributed by atoms with Gasteiger partial charge in [-0.2, -0.15) is 9.97 Å². The second kappa shape index (κ2) is 8.09. The van der Waals surface area contributed by atoms with E-state index in [0.717, 1.165) is 31.3 Å². The molecule has 2 aromatic rings. The van der Waals surface area contributed by atoms with Gasteiger partial charge >= 0.3 is 7.60 Å². The monoisotopic (exact) mass is 448 g/mol. The summed E-state index contributed by atoms with van der Waals surface area (Å²) in [7, 11) is -4.34. The van der Waals surface area contributed by atoms with Gasteiger partial charge in [-0.25, -0.2) is 0 Å². The molecule has 0 spiro atoms. The molecule has 0 saturated carbocycles. The third-order valence-electron chi connectivity index (χ3n) is 5.08. The second-order valence-corrected chi connectivity index (χ2v) is 9.11. The fraction of sp³-hybridized carbons (Fsp3) is 0.625. The SMILES string of the molecule is O=P(O)(O)COC[C@H]1O[C@@H](n2ccc3c(N4CCCC4)nc(Cl)nc32)[C@H](O)[C@@H]1O. The zero-order valence-corrected chi connectivity index (χ0v) is 17.0. The van der Waals surface area contributed by atoms with Crippen LogP contribution in [0.3, 0.4) is 0 Å². The minimum atomic E-state index is -4.34. The smallest absolute Gasteiger partial charge is 0.350 e. The minimum absolute atomic E-state index is 0.0638. The van der Waals surface area contributed by atoms with Gasteiger partial charge in [-0.15, -0.1) is 0 Å². The molecule has 4 rings (SSSR count). The average molecular weight is 449 g/mol. The lowest BCUT2D eigenvalue weighted by Gasteiger charge is -2.20. The summed E-state index contributed by atoms with van der Waals surface area (Å²) in [6, 6.07) is 1.80. The Bertz CT molecular complexity index is 931. The van der Waals surface area contributed by atoms with Crippen LogP contribution >= 0.6 is 19.2 Å². The van der Waals surface area contributed by atoms with Gasteiger partial charge in [0, 0.05) is 19.3 Å². The summed E-state index contributed by atoms with van der Waals surface area (Å²) in [5, 5.41) is 21.6. The largest absolute Gasteiger partial charge is 0.387 e. The number of aromatic nitrogens is 3. The number of halogens is 1. The molecule has 4 heterocycles. The molecular formula is C16H22ClN4O7P. The number of anilines is 1. The van der Waals surface area contributed by atoms with E-state index in [2.05, 4.69) is 14.9 Å². The quantitative estimate of drug-likeness (QED) is 0.362. The fourth-order valence-corrected chi connectivity index (χ4v) is 4.25. The first-order valence-corrected chi connectivity index (χ1v) is 11.3. The summed E-state index contributed by atoms with van der Waals surface area (Å²) in [4.78, 5) is 28.5. The molecule has 4 atom stereocenters. The van der Waals surface area contributed by atoms with E-state index < -0.39 is 38.5 Å². The van der Waals surface area contributed by atoms with E-state index in [-0.39, 0.29) is 11.9 Å². The lowest BCUT2D eigenvalue weighted by atomic mass is 10.1. The number of hydrogen-bond donors (Lipinski definition) is 4. The lowest BCUT2D eigenvalue weighted by molar-refractivity contribution is -0.0610. The standard InChI is InChI=1S/C16H22ClN4O7P/c17-16-18-13(20-4-1-2-5-20)9-3-6-21(14(9)19-16)15-12(23)11(22)10(28-15)7-27-8-29(24,25)26/h3,6,10-12,15,22-23H,1-2,4-5,7-8H2,(H2,24,25,26)/t10-,11-,12-,15-/m1/s1. The van der Waals surface area contributed by atoms with Gasteiger partial charge < -0.3 is 38.9 Å². The van der Waals surface area contributed by atoms with Gasteiger partial charge in [0.15, 0.2) is 6.23 Å². The molecule has 0 aromatic carbocycles. The molecular weight excluding hydrogens is 427 g/mol. The van der Waals surface area contributed by atoms with Crippen molar-refractivity contribution in [3.05, 3.63) is 17.5 Å². The predicted octanol–water partition coefficient (Wildman–Crippen LogP) is 0.456. The number of hydrogen-bond acceptors (Lipinski definition) is 8. The van der Waals surface area contributed by atoms with Gasteiger partial charge in [-0.1, -0.05) is 0 Å². The Labute approximate surface area is 171 Å². The van der Waals surface area contributed by atoms with Crippen molar-refractivity contribution in [2.75, 3.05) is 30.9 Å². The summed E-state index contributed by atoms with van der Waals surface area (Å²) in [6.45, 7) is 1.45. The third kappa shape index (κ3) is 4.28. The molecule has 0 aliphatic carbocycles. The Morgan fingerprint density at radius 1 is 1.24 bits per heavy atom. The van der Waals surface area contributed by atoms with Crippen molar-refractivity contribution in [1.29, 1.82) is 0 Å². The highest BCUT2D eigenvalue weighted by atomic mass is 35.5. The highest BCUT2D eigenvalue weighted by Gasteiger charge is 2.44. The highest BCUT2D eigenvalue weighted by molar-refractivity contribution is 7.51. The molecule has 0 radical (unpaired) electrons. The van der Waals surface area contributed by atoms with Gasteiger partial charge in [-0.05, 0) is 30.5 Å². The van der Waals surface area contributed by atoms with E-state index >= 15 is 0 Å². The first-order valence-electron chi connectivity index (χ1n) is 9.17. The zero-order valence-electron chi connectivity index (χ0n) is 15.3. The molecule has 2 saturated heterocycles. The summed E-state index contributed by atoms with van der Waals surface area (Å²) < 4.78 is 23.1. The first-order chi connectivity index (χ1) is 13.7. The maximum Gasteiger partial charge on any atom is 0.350 e. The van der Waals surface area contributed by atoms with Gasteiger partial charge in [-0.3, -0.25) is 4.57 Å². The molecule has 160 valence electrons. The minimum Gasteiger partial charge on any atom is -0.387 e. The topological polar surface area (TPSA) is 150 Å².